The Labute approximate surface area is 112 Å². The predicted molar refractivity (Wildman–Crippen MR) is 73.1 cm³/mol. The molecule has 1 saturated heterocycles. The second kappa shape index (κ2) is 5.05. The van der Waals surface area contributed by atoms with Crippen LogP contribution < -0.4 is 10.2 Å². The Morgan fingerprint density at radius 3 is 2.84 bits per heavy atom. The highest BCUT2D eigenvalue weighted by molar-refractivity contribution is 5.55. The molecule has 3 rings (SSSR count). The minimum Gasteiger partial charge on any atom is -0.469 e. The second-order valence-electron chi connectivity index (χ2n) is 4.98. The molecule has 6 heteroatoms. The zero-order chi connectivity index (χ0) is 13.2. The zero-order valence-electron chi connectivity index (χ0n) is 11.3. The first-order valence-electron chi connectivity index (χ1n) is 6.66. The summed E-state index contributed by atoms with van der Waals surface area (Å²) in [5.41, 5.74) is 0.946. The fourth-order valence-electron chi connectivity index (χ4n) is 2.46. The molecule has 0 spiro atoms. The Morgan fingerprint density at radius 2 is 2.21 bits per heavy atom. The van der Waals surface area contributed by atoms with E-state index in [1.165, 1.54) is 0 Å². The van der Waals surface area contributed by atoms with Crippen LogP contribution in [0.2, 0.25) is 0 Å². The quantitative estimate of drug-likeness (QED) is 0.877. The summed E-state index contributed by atoms with van der Waals surface area (Å²) in [7, 11) is 2.02. The summed E-state index contributed by atoms with van der Waals surface area (Å²) < 4.78 is 5.29. The number of furan rings is 1. The molecule has 1 fully saturated rings. The van der Waals surface area contributed by atoms with Gasteiger partial charge in [0.25, 0.3) is 0 Å². The topological polar surface area (TPSA) is 70.0 Å². The number of hydrogen-bond acceptors (Lipinski definition) is 5. The van der Waals surface area contributed by atoms with Gasteiger partial charge in [-0.2, -0.15) is 4.98 Å². The van der Waals surface area contributed by atoms with Crippen LogP contribution in [0.15, 0.2) is 16.7 Å². The van der Waals surface area contributed by atoms with Gasteiger partial charge in [0.1, 0.15) is 12.0 Å². The molecule has 1 aliphatic rings. The van der Waals surface area contributed by atoms with Crippen molar-refractivity contribution in [1.82, 2.24) is 20.5 Å². The Kier molecular flexibility index (Phi) is 3.25. The lowest BCUT2D eigenvalue weighted by atomic mass is 10.1. The molecule has 0 unspecified atom stereocenters. The van der Waals surface area contributed by atoms with Crippen LogP contribution in [0.5, 0.6) is 0 Å². The van der Waals surface area contributed by atoms with E-state index in [1.54, 1.807) is 6.26 Å². The largest absolute Gasteiger partial charge is 0.469 e. The molecule has 3 heterocycles. The van der Waals surface area contributed by atoms with Gasteiger partial charge >= 0.3 is 0 Å². The van der Waals surface area contributed by atoms with Gasteiger partial charge in [0.2, 0.25) is 5.95 Å². The summed E-state index contributed by atoms with van der Waals surface area (Å²) in [6, 6.07) is 2.57. The molecule has 0 saturated carbocycles. The molecule has 2 aromatic heterocycles. The van der Waals surface area contributed by atoms with E-state index < -0.39 is 0 Å². The van der Waals surface area contributed by atoms with Crippen LogP contribution in [0.1, 0.15) is 18.6 Å². The third-order valence-electron chi connectivity index (χ3n) is 3.66. The summed E-state index contributed by atoms with van der Waals surface area (Å²) in [5, 5.41) is 10.6. The zero-order valence-corrected chi connectivity index (χ0v) is 11.3. The van der Waals surface area contributed by atoms with Crippen molar-refractivity contribution in [2.45, 2.75) is 25.8 Å². The van der Waals surface area contributed by atoms with Gasteiger partial charge in [0.15, 0.2) is 5.82 Å². The maximum absolute atomic E-state index is 5.29. The predicted octanol–water partition coefficient (Wildman–Crippen LogP) is 1.56. The average Bonchev–Trinajstić information content (AvgIpc) is 3.07. The van der Waals surface area contributed by atoms with Gasteiger partial charge in [0.05, 0.1) is 5.56 Å². The van der Waals surface area contributed by atoms with Crippen LogP contribution in [0, 0.1) is 6.92 Å². The summed E-state index contributed by atoms with van der Waals surface area (Å²) in [6.45, 7) is 3.91. The molecule has 2 N–H and O–H groups in total. The lowest BCUT2D eigenvalue weighted by Crippen LogP contribution is -2.41. The summed E-state index contributed by atoms with van der Waals surface area (Å²) in [6.07, 6.45) is 3.96. The highest BCUT2D eigenvalue weighted by Gasteiger charge is 2.21. The number of aryl methyl sites for hydroxylation is 1. The van der Waals surface area contributed by atoms with Gasteiger partial charge in [0, 0.05) is 19.1 Å². The van der Waals surface area contributed by atoms with E-state index in [9.17, 15) is 0 Å². The molecule has 0 radical (unpaired) electrons. The summed E-state index contributed by atoms with van der Waals surface area (Å²) in [5.74, 6) is 2.42. The van der Waals surface area contributed by atoms with Crippen molar-refractivity contribution in [3.05, 3.63) is 18.1 Å². The molecule has 0 amide bonds. The molecule has 1 aliphatic heterocycles. The van der Waals surface area contributed by atoms with E-state index in [1.807, 2.05) is 20.0 Å². The summed E-state index contributed by atoms with van der Waals surface area (Å²) >= 11 is 0. The smallest absolute Gasteiger partial charge is 0.245 e. The lowest BCUT2D eigenvalue weighted by Gasteiger charge is -2.30. The van der Waals surface area contributed by atoms with Gasteiger partial charge < -0.3 is 14.6 Å². The fraction of sp³-hybridized carbons (Fsp3) is 0.538. The van der Waals surface area contributed by atoms with Crippen molar-refractivity contribution in [2.75, 3.05) is 25.0 Å². The van der Waals surface area contributed by atoms with E-state index >= 15 is 0 Å². The van der Waals surface area contributed by atoms with Gasteiger partial charge in [-0.05, 0) is 32.9 Å². The monoisotopic (exact) mass is 261 g/mol. The van der Waals surface area contributed by atoms with Gasteiger partial charge in [-0.15, -0.1) is 5.10 Å². The molecule has 2 aromatic rings. The first-order chi connectivity index (χ1) is 9.26. The third-order valence-corrected chi connectivity index (χ3v) is 3.66. The molecule has 0 aliphatic carbocycles. The molecular formula is C13H19N5O. The fourth-order valence-corrected chi connectivity index (χ4v) is 2.46. The number of aromatic amines is 1. The van der Waals surface area contributed by atoms with Crippen LogP contribution in [0.25, 0.3) is 11.4 Å². The Balaban J connectivity index is 1.72. The number of aromatic nitrogens is 3. The van der Waals surface area contributed by atoms with E-state index in [-0.39, 0.29) is 0 Å². The number of anilines is 1. The average molecular weight is 261 g/mol. The molecule has 102 valence electrons. The molecule has 6 nitrogen and oxygen atoms in total. The minimum absolute atomic E-state index is 0.617. The molecule has 0 aromatic carbocycles. The molecule has 0 bridgehead atoms. The van der Waals surface area contributed by atoms with Crippen LogP contribution in [-0.2, 0) is 0 Å². The standard InChI is InChI=1S/C13H19N5O/c1-9-7-10(8-19-9)12-15-13(17-16-12)18-5-3-11(14-2)4-6-18/h7-8,11,14H,3-6H2,1-2H3,(H,15,16,17). The van der Waals surface area contributed by atoms with Crippen molar-refractivity contribution < 1.29 is 4.42 Å². The Bertz CT molecular complexity index is 539. The maximum atomic E-state index is 5.29. The van der Waals surface area contributed by atoms with Crippen LogP contribution in [0.4, 0.5) is 5.95 Å². The van der Waals surface area contributed by atoms with Crippen molar-refractivity contribution in [1.29, 1.82) is 0 Å². The number of hydrogen-bond donors (Lipinski definition) is 2. The van der Waals surface area contributed by atoms with E-state index in [4.69, 9.17) is 4.42 Å². The maximum Gasteiger partial charge on any atom is 0.245 e. The van der Waals surface area contributed by atoms with Gasteiger partial charge in [-0.25, -0.2) is 0 Å². The third kappa shape index (κ3) is 2.49. The summed E-state index contributed by atoms with van der Waals surface area (Å²) in [4.78, 5) is 6.77. The van der Waals surface area contributed by atoms with Crippen LogP contribution in [0.3, 0.4) is 0 Å². The highest BCUT2D eigenvalue weighted by atomic mass is 16.3. The van der Waals surface area contributed by atoms with Crippen molar-refractivity contribution in [2.24, 2.45) is 0 Å². The number of H-pyrrole nitrogens is 1. The number of piperidine rings is 1. The normalized spacial score (nSPS) is 17.1. The number of rotatable bonds is 3. The van der Waals surface area contributed by atoms with Crippen molar-refractivity contribution >= 4 is 5.95 Å². The molecule has 19 heavy (non-hydrogen) atoms. The minimum atomic E-state index is 0.617. The van der Waals surface area contributed by atoms with Crippen molar-refractivity contribution in [3.8, 4) is 11.4 Å². The van der Waals surface area contributed by atoms with Gasteiger partial charge in [-0.3, -0.25) is 5.10 Å². The lowest BCUT2D eigenvalue weighted by molar-refractivity contribution is 0.439. The second-order valence-corrected chi connectivity index (χ2v) is 4.98. The Hall–Kier alpha value is -1.82. The van der Waals surface area contributed by atoms with Gasteiger partial charge in [-0.1, -0.05) is 0 Å². The molecule has 0 atom stereocenters. The van der Waals surface area contributed by atoms with Crippen LogP contribution in [-0.4, -0.2) is 41.4 Å². The van der Waals surface area contributed by atoms with Crippen LogP contribution >= 0.6 is 0 Å². The van der Waals surface area contributed by atoms with E-state index in [0.717, 1.165) is 49.0 Å². The number of nitrogens with zero attached hydrogens (tertiary/aromatic N) is 3. The molecular weight excluding hydrogens is 242 g/mol. The van der Waals surface area contributed by atoms with E-state index in [2.05, 4.69) is 25.4 Å². The first-order valence-corrected chi connectivity index (χ1v) is 6.66. The number of nitrogens with one attached hydrogen (secondary N) is 2. The SMILES string of the molecule is CNC1CCN(c2n[nH]c(-c3coc(C)c3)n2)CC1. The van der Waals surface area contributed by atoms with E-state index in [0.29, 0.717) is 6.04 Å². The first kappa shape index (κ1) is 12.2. The van der Waals surface area contributed by atoms with Crippen molar-refractivity contribution in [3.63, 3.8) is 0 Å². The Morgan fingerprint density at radius 1 is 1.42 bits per heavy atom. The highest BCUT2D eigenvalue weighted by Crippen LogP contribution is 2.21.